The number of methoxy groups -OCH3 is 1. The SMILES string of the molecule is CCN(C)S(=O)(=O)Nc1cc(CCC(=O)O)ccc1OC. The van der Waals surface area contributed by atoms with Gasteiger partial charge in [-0.15, -0.1) is 0 Å². The van der Waals surface area contributed by atoms with E-state index in [1.54, 1.807) is 25.1 Å². The number of carboxylic acid groups (broad SMARTS) is 1. The number of hydrogen-bond donors (Lipinski definition) is 2. The average molecular weight is 316 g/mol. The van der Waals surface area contributed by atoms with Crippen LogP contribution in [0.4, 0.5) is 5.69 Å². The van der Waals surface area contributed by atoms with Crippen LogP contribution < -0.4 is 9.46 Å². The van der Waals surface area contributed by atoms with E-state index in [9.17, 15) is 13.2 Å². The van der Waals surface area contributed by atoms with Gasteiger partial charge in [-0.1, -0.05) is 13.0 Å². The van der Waals surface area contributed by atoms with Gasteiger partial charge in [0.05, 0.1) is 12.8 Å². The van der Waals surface area contributed by atoms with Crippen LogP contribution in [0.25, 0.3) is 0 Å². The molecule has 0 saturated heterocycles. The van der Waals surface area contributed by atoms with Crippen LogP contribution in [-0.2, 0) is 21.4 Å². The Morgan fingerprint density at radius 3 is 2.62 bits per heavy atom. The zero-order valence-corrected chi connectivity index (χ0v) is 13.1. The summed E-state index contributed by atoms with van der Waals surface area (Å²) in [5.74, 6) is -0.527. The highest BCUT2D eigenvalue weighted by molar-refractivity contribution is 7.90. The van der Waals surface area contributed by atoms with Gasteiger partial charge in [-0.3, -0.25) is 9.52 Å². The minimum atomic E-state index is -3.66. The minimum absolute atomic E-state index is 0.0205. The van der Waals surface area contributed by atoms with E-state index in [1.165, 1.54) is 14.2 Å². The van der Waals surface area contributed by atoms with E-state index in [0.29, 0.717) is 24.4 Å². The Labute approximate surface area is 124 Å². The third kappa shape index (κ3) is 4.91. The molecular weight excluding hydrogens is 296 g/mol. The molecule has 0 unspecified atom stereocenters. The molecule has 7 nitrogen and oxygen atoms in total. The van der Waals surface area contributed by atoms with Crippen LogP contribution >= 0.6 is 0 Å². The van der Waals surface area contributed by atoms with Gasteiger partial charge in [0, 0.05) is 20.0 Å². The van der Waals surface area contributed by atoms with Crippen LogP contribution in [0.15, 0.2) is 18.2 Å². The molecule has 0 atom stereocenters. The van der Waals surface area contributed by atoms with Crippen molar-refractivity contribution in [2.75, 3.05) is 25.4 Å². The second-order valence-corrected chi connectivity index (χ2v) is 6.23. The molecular formula is C13H20N2O5S. The summed E-state index contributed by atoms with van der Waals surface area (Å²) >= 11 is 0. The molecule has 0 fully saturated rings. The lowest BCUT2D eigenvalue weighted by molar-refractivity contribution is -0.136. The Bertz CT molecular complexity index is 601. The first kappa shape index (κ1) is 17.3. The van der Waals surface area contributed by atoms with E-state index in [0.717, 1.165) is 9.87 Å². The molecule has 1 rings (SSSR count). The second-order valence-electron chi connectivity index (χ2n) is 4.45. The first-order valence-corrected chi connectivity index (χ1v) is 7.87. The standard InChI is InChI=1S/C13H20N2O5S/c1-4-15(2)21(18,19)14-11-9-10(6-8-13(16)17)5-7-12(11)20-3/h5,7,9,14H,4,6,8H2,1-3H3,(H,16,17). The molecule has 1 aromatic rings. The van der Waals surface area contributed by atoms with E-state index in [-0.39, 0.29) is 6.42 Å². The summed E-state index contributed by atoms with van der Waals surface area (Å²) in [5.41, 5.74) is 1.01. The van der Waals surface area contributed by atoms with Gasteiger partial charge in [0.25, 0.3) is 0 Å². The molecule has 2 N–H and O–H groups in total. The second kappa shape index (κ2) is 7.28. The maximum absolute atomic E-state index is 12.0. The third-order valence-electron chi connectivity index (χ3n) is 2.99. The topological polar surface area (TPSA) is 95.9 Å². The van der Waals surface area contributed by atoms with Gasteiger partial charge in [0.1, 0.15) is 5.75 Å². The van der Waals surface area contributed by atoms with Crippen molar-refractivity contribution in [3.05, 3.63) is 23.8 Å². The van der Waals surface area contributed by atoms with Crippen LogP contribution in [-0.4, -0.2) is 44.5 Å². The van der Waals surface area contributed by atoms with Gasteiger partial charge in [0.2, 0.25) is 0 Å². The molecule has 118 valence electrons. The fourth-order valence-electron chi connectivity index (χ4n) is 1.63. The van der Waals surface area contributed by atoms with Gasteiger partial charge in [0.15, 0.2) is 0 Å². The van der Waals surface area contributed by atoms with Crippen molar-refractivity contribution in [3.8, 4) is 5.75 Å². The molecule has 0 aromatic heterocycles. The number of anilines is 1. The quantitative estimate of drug-likeness (QED) is 0.754. The molecule has 8 heteroatoms. The lowest BCUT2D eigenvalue weighted by Crippen LogP contribution is -2.32. The van der Waals surface area contributed by atoms with Crippen LogP contribution in [0.2, 0.25) is 0 Å². The molecule has 0 aliphatic heterocycles. The number of aliphatic carboxylic acids is 1. The number of rotatable bonds is 8. The Morgan fingerprint density at radius 2 is 2.10 bits per heavy atom. The molecule has 0 heterocycles. The molecule has 1 aromatic carbocycles. The Morgan fingerprint density at radius 1 is 1.43 bits per heavy atom. The van der Waals surface area contributed by atoms with Crippen molar-refractivity contribution in [1.29, 1.82) is 0 Å². The molecule has 21 heavy (non-hydrogen) atoms. The predicted octanol–water partition coefficient (Wildman–Crippen LogP) is 1.32. The molecule has 0 aliphatic carbocycles. The molecule has 0 spiro atoms. The van der Waals surface area contributed by atoms with Crippen molar-refractivity contribution in [2.45, 2.75) is 19.8 Å². The zero-order chi connectivity index (χ0) is 16.0. The van der Waals surface area contributed by atoms with Gasteiger partial charge in [-0.05, 0) is 24.1 Å². The molecule has 0 aliphatic rings. The fourth-order valence-corrected chi connectivity index (χ4v) is 2.56. The van der Waals surface area contributed by atoms with E-state index in [2.05, 4.69) is 4.72 Å². The van der Waals surface area contributed by atoms with E-state index in [1.807, 2.05) is 0 Å². The van der Waals surface area contributed by atoms with Crippen molar-refractivity contribution < 1.29 is 23.1 Å². The molecule has 0 amide bonds. The molecule has 0 bridgehead atoms. The molecule has 0 radical (unpaired) electrons. The maximum Gasteiger partial charge on any atom is 0.303 e. The van der Waals surface area contributed by atoms with Crippen molar-refractivity contribution in [1.82, 2.24) is 4.31 Å². The number of aryl methyl sites for hydroxylation is 1. The summed E-state index contributed by atoms with van der Waals surface area (Å²) in [7, 11) is -0.758. The molecule has 0 saturated carbocycles. The lowest BCUT2D eigenvalue weighted by atomic mass is 10.1. The van der Waals surface area contributed by atoms with Gasteiger partial charge >= 0.3 is 16.2 Å². The number of benzene rings is 1. The number of carboxylic acids is 1. The van der Waals surface area contributed by atoms with Crippen LogP contribution in [0.3, 0.4) is 0 Å². The van der Waals surface area contributed by atoms with Crippen molar-refractivity contribution in [3.63, 3.8) is 0 Å². The monoisotopic (exact) mass is 316 g/mol. The van der Waals surface area contributed by atoms with Crippen LogP contribution in [0.5, 0.6) is 5.75 Å². The number of carbonyl (C=O) groups is 1. The highest BCUT2D eigenvalue weighted by Gasteiger charge is 2.18. The smallest absolute Gasteiger partial charge is 0.303 e. The number of nitrogens with one attached hydrogen (secondary N) is 1. The summed E-state index contributed by atoms with van der Waals surface area (Å²) in [6.07, 6.45) is 0.297. The Balaban J connectivity index is 3.03. The zero-order valence-electron chi connectivity index (χ0n) is 12.3. The number of ether oxygens (including phenoxy) is 1. The highest BCUT2D eigenvalue weighted by atomic mass is 32.2. The third-order valence-corrected chi connectivity index (χ3v) is 4.54. The largest absolute Gasteiger partial charge is 0.495 e. The first-order valence-electron chi connectivity index (χ1n) is 6.43. The first-order chi connectivity index (χ1) is 9.80. The highest BCUT2D eigenvalue weighted by Crippen LogP contribution is 2.27. The summed E-state index contributed by atoms with van der Waals surface area (Å²) in [6, 6.07) is 4.91. The fraction of sp³-hybridized carbons (Fsp3) is 0.462. The summed E-state index contributed by atoms with van der Waals surface area (Å²) in [6.45, 7) is 2.05. The average Bonchev–Trinajstić information content (AvgIpc) is 2.43. The van der Waals surface area contributed by atoms with Crippen LogP contribution in [0, 0.1) is 0 Å². The van der Waals surface area contributed by atoms with Crippen molar-refractivity contribution in [2.24, 2.45) is 0 Å². The van der Waals surface area contributed by atoms with E-state index < -0.39 is 16.2 Å². The van der Waals surface area contributed by atoms with Crippen molar-refractivity contribution >= 4 is 21.9 Å². The predicted molar refractivity (Wildman–Crippen MR) is 79.8 cm³/mol. The number of nitrogens with zero attached hydrogens (tertiary/aromatic N) is 1. The number of hydrogen-bond acceptors (Lipinski definition) is 4. The summed E-state index contributed by atoms with van der Waals surface area (Å²) < 4.78 is 32.8. The normalized spacial score (nSPS) is 11.4. The summed E-state index contributed by atoms with van der Waals surface area (Å²) in [4.78, 5) is 10.6. The minimum Gasteiger partial charge on any atom is -0.495 e. The maximum atomic E-state index is 12.0. The Hall–Kier alpha value is -1.80. The lowest BCUT2D eigenvalue weighted by Gasteiger charge is -2.18. The Kier molecular flexibility index (Phi) is 5.98. The summed E-state index contributed by atoms with van der Waals surface area (Å²) in [5, 5.41) is 8.69. The van der Waals surface area contributed by atoms with E-state index >= 15 is 0 Å². The van der Waals surface area contributed by atoms with Gasteiger partial charge in [-0.2, -0.15) is 12.7 Å². The van der Waals surface area contributed by atoms with Gasteiger partial charge in [-0.25, -0.2) is 0 Å². The van der Waals surface area contributed by atoms with Crippen LogP contribution in [0.1, 0.15) is 18.9 Å². The van der Waals surface area contributed by atoms with E-state index in [4.69, 9.17) is 9.84 Å². The van der Waals surface area contributed by atoms with Gasteiger partial charge < -0.3 is 9.84 Å².